The van der Waals surface area contributed by atoms with Crippen LogP contribution in [0.5, 0.6) is 0 Å². The van der Waals surface area contributed by atoms with E-state index in [0.717, 1.165) is 0 Å². The summed E-state index contributed by atoms with van der Waals surface area (Å²) in [4.78, 5) is 25.8. The molecular weight excluding hydrogens is 268 g/mol. The van der Waals surface area contributed by atoms with Gasteiger partial charge in [-0.25, -0.2) is 4.79 Å². The van der Waals surface area contributed by atoms with Crippen molar-refractivity contribution >= 4 is 29.2 Å². The molecule has 0 saturated heterocycles. The molecule has 0 unspecified atom stereocenters. The molecule has 1 aromatic carbocycles. The van der Waals surface area contributed by atoms with Crippen LogP contribution in [0.4, 0.5) is 5.69 Å². The van der Waals surface area contributed by atoms with Gasteiger partial charge in [-0.05, 0) is 24.6 Å². The van der Waals surface area contributed by atoms with Gasteiger partial charge in [-0.15, -0.1) is 0 Å². The van der Waals surface area contributed by atoms with Crippen molar-refractivity contribution in [3.63, 3.8) is 0 Å². The Balaban J connectivity index is 2.31. The number of amides is 1. The van der Waals surface area contributed by atoms with Gasteiger partial charge in [0.05, 0.1) is 16.3 Å². The summed E-state index contributed by atoms with van der Waals surface area (Å²) in [5.41, 5.74) is 1.18. The Morgan fingerprint density at radius 2 is 2.11 bits per heavy atom. The third-order valence-corrected chi connectivity index (χ3v) is 2.85. The van der Waals surface area contributed by atoms with Gasteiger partial charge in [0.2, 0.25) is 0 Å². The quantitative estimate of drug-likeness (QED) is 0.807. The maximum absolute atomic E-state index is 11.9. The summed E-state index contributed by atoms with van der Waals surface area (Å²) in [5.74, 6) is -1.53. The highest BCUT2D eigenvalue weighted by Gasteiger charge is 2.16. The lowest BCUT2D eigenvalue weighted by Gasteiger charge is -2.09. The molecule has 0 bridgehead atoms. The summed E-state index contributed by atoms with van der Waals surface area (Å²) >= 11 is 5.71. The van der Waals surface area contributed by atoms with Crippen molar-refractivity contribution in [2.75, 3.05) is 5.32 Å². The standard InChI is InChI=1S/C13H11ClN2O3/c1-7-3-2-4-9(11(7)13(18)19)16-12(17)10-5-8(14)6-15-10/h2-6,15H,1H3,(H,16,17)(H,18,19). The lowest BCUT2D eigenvalue weighted by atomic mass is 10.1. The van der Waals surface area contributed by atoms with Crippen molar-refractivity contribution < 1.29 is 14.7 Å². The van der Waals surface area contributed by atoms with Crippen LogP contribution in [0.2, 0.25) is 5.02 Å². The molecule has 2 aromatic rings. The minimum atomic E-state index is -1.09. The fourth-order valence-electron chi connectivity index (χ4n) is 1.74. The molecule has 0 spiro atoms. The molecule has 1 amide bonds. The molecule has 0 fully saturated rings. The summed E-state index contributed by atoms with van der Waals surface area (Å²) in [6, 6.07) is 6.36. The van der Waals surface area contributed by atoms with E-state index in [-0.39, 0.29) is 16.9 Å². The summed E-state index contributed by atoms with van der Waals surface area (Å²) in [6.07, 6.45) is 1.48. The van der Waals surface area contributed by atoms with Crippen LogP contribution in [0.3, 0.4) is 0 Å². The molecular formula is C13H11ClN2O3. The molecule has 19 heavy (non-hydrogen) atoms. The van der Waals surface area contributed by atoms with Crippen LogP contribution in [0.1, 0.15) is 26.4 Å². The van der Waals surface area contributed by atoms with Crippen LogP contribution in [-0.2, 0) is 0 Å². The number of carboxylic acid groups (broad SMARTS) is 1. The lowest BCUT2D eigenvalue weighted by Crippen LogP contribution is -2.15. The van der Waals surface area contributed by atoms with Crippen molar-refractivity contribution in [1.82, 2.24) is 4.98 Å². The van der Waals surface area contributed by atoms with Crippen LogP contribution in [-0.4, -0.2) is 22.0 Å². The normalized spacial score (nSPS) is 10.2. The Morgan fingerprint density at radius 3 is 2.68 bits per heavy atom. The van der Waals surface area contributed by atoms with E-state index in [2.05, 4.69) is 10.3 Å². The molecule has 5 nitrogen and oxygen atoms in total. The highest BCUT2D eigenvalue weighted by molar-refractivity contribution is 6.31. The largest absolute Gasteiger partial charge is 0.478 e. The molecule has 0 aliphatic heterocycles. The number of carbonyl (C=O) groups excluding carboxylic acids is 1. The summed E-state index contributed by atoms with van der Waals surface area (Å²) in [7, 11) is 0. The lowest BCUT2D eigenvalue weighted by molar-refractivity contribution is 0.0697. The zero-order valence-electron chi connectivity index (χ0n) is 10.0. The van der Waals surface area contributed by atoms with Gasteiger partial charge < -0.3 is 15.4 Å². The second-order valence-electron chi connectivity index (χ2n) is 3.99. The minimum absolute atomic E-state index is 0.0773. The molecule has 6 heteroatoms. The molecule has 0 radical (unpaired) electrons. The second kappa shape index (κ2) is 5.16. The average Bonchev–Trinajstić information content (AvgIpc) is 2.75. The number of nitrogens with one attached hydrogen (secondary N) is 2. The van der Waals surface area contributed by atoms with E-state index in [9.17, 15) is 9.59 Å². The first kappa shape index (κ1) is 13.2. The zero-order chi connectivity index (χ0) is 14.0. The van der Waals surface area contributed by atoms with Gasteiger partial charge >= 0.3 is 5.97 Å². The van der Waals surface area contributed by atoms with Crippen molar-refractivity contribution in [2.24, 2.45) is 0 Å². The van der Waals surface area contributed by atoms with Gasteiger partial charge in [0.1, 0.15) is 5.69 Å². The highest BCUT2D eigenvalue weighted by atomic mass is 35.5. The molecule has 1 heterocycles. The number of halogens is 1. The number of hydrogen-bond donors (Lipinski definition) is 3. The van der Waals surface area contributed by atoms with Gasteiger partial charge in [-0.3, -0.25) is 4.79 Å². The van der Waals surface area contributed by atoms with E-state index in [4.69, 9.17) is 16.7 Å². The zero-order valence-corrected chi connectivity index (χ0v) is 10.8. The Kier molecular flexibility index (Phi) is 3.57. The SMILES string of the molecule is Cc1cccc(NC(=O)c2cc(Cl)c[nH]2)c1C(=O)O. The van der Waals surface area contributed by atoms with E-state index in [1.54, 1.807) is 25.1 Å². The Bertz CT molecular complexity index is 649. The number of aromatic carboxylic acids is 1. The van der Waals surface area contributed by atoms with Crippen LogP contribution in [0, 0.1) is 6.92 Å². The smallest absolute Gasteiger partial charge is 0.338 e. The van der Waals surface area contributed by atoms with Crippen molar-refractivity contribution in [1.29, 1.82) is 0 Å². The number of aromatic amines is 1. The van der Waals surface area contributed by atoms with Crippen LogP contribution >= 0.6 is 11.6 Å². The summed E-state index contributed by atoms with van der Waals surface area (Å²) in [6.45, 7) is 1.67. The molecule has 0 aliphatic rings. The topological polar surface area (TPSA) is 82.2 Å². The number of aromatic nitrogens is 1. The van der Waals surface area contributed by atoms with Crippen LogP contribution in [0.15, 0.2) is 30.5 Å². The number of aryl methyl sites for hydroxylation is 1. The average molecular weight is 279 g/mol. The van der Waals surface area contributed by atoms with Crippen molar-refractivity contribution in [3.05, 3.63) is 52.3 Å². The van der Waals surface area contributed by atoms with E-state index >= 15 is 0 Å². The second-order valence-corrected chi connectivity index (χ2v) is 4.42. The molecule has 0 aliphatic carbocycles. The molecule has 2 rings (SSSR count). The number of carboxylic acids is 1. The van der Waals surface area contributed by atoms with Crippen LogP contribution in [0.25, 0.3) is 0 Å². The van der Waals surface area contributed by atoms with E-state index in [0.29, 0.717) is 10.6 Å². The van der Waals surface area contributed by atoms with E-state index < -0.39 is 11.9 Å². The van der Waals surface area contributed by atoms with Gasteiger partial charge in [0.25, 0.3) is 5.91 Å². The number of anilines is 1. The van der Waals surface area contributed by atoms with Crippen molar-refractivity contribution in [3.8, 4) is 0 Å². The van der Waals surface area contributed by atoms with E-state index in [1.807, 2.05) is 0 Å². The predicted molar refractivity (Wildman–Crippen MR) is 71.9 cm³/mol. The Morgan fingerprint density at radius 1 is 1.37 bits per heavy atom. The summed E-state index contributed by atoms with van der Waals surface area (Å²) in [5, 5.41) is 12.1. The maximum atomic E-state index is 11.9. The molecule has 1 aromatic heterocycles. The first-order chi connectivity index (χ1) is 8.99. The first-order valence-corrected chi connectivity index (χ1v) is 5.85. The van der Waals surface area contributed by atoms with E-state index in [1.165, 1.54) is 12.3 Å². The van der Waals surface area contributed by atoms with Gasteiger partial charge in [0.15, 0.2) is 0 Å². The number of benzene rings is 1. The first-order valence-electron chi connectivity index (χ1n) is 5.47. The predicted octanol–water partition coefficient (Wildman–Crippen LogP) is 2.93. The molecule has 98 valence electrons. The number of carbonyl (C=O) groups is 2. The van der Waals surface area contributed by atoms with Gasteiger partial charge in [0, 0.05) is 6.20 Å². The third kappa shape index (κ3) is 2.77. The number of rotatable bonds is 3. The number of hydrogen-bond acceptors (Lipinski definition) is 2. The van der Waals surface area contributed by atoms with Crippen LogP contribution < -0.4 is 5.32 Å². The maximum Gasteiger partial charge on any atom is 0.338 e. The van der Waals surface area contributed by atoms with Gasteiger partial charge in [-0.2, -0.15) is 0 Å². The number of H-pyrrole nitrogens is 1. The van der Waals surface area contributed by atoms with Crippen molar-refractivity contribution in [2.45, 2.75) is 6.92 Å². The van der Waals surface area contributed by atoms with Gasteiger partial charge in [-0.1, -0.05) is 23.7 Å². The minimum Gasteiger partial charge on any atom is -0.478 e. The molecule has 0 saturated carbocycles. The fraction of sp³-hybridized carbons (Fsp3) is 0.0769. The monoisotopic (exact) mass is 278 g/mol. The fourth-order valence-corrected chi connectivity index (χ4v) is 1.91. The Labute approximate surface area is 114 Å². The molecule has 3 N–H and O–H groups in total. The summed E-state index contributed by atoms with van der Waals surface area (Å²) < 4.78 is 0. The highest BCUT2D eigenvalue weighted by Crippen LogP contribution is 2.20. The Hall–Kier alpha value is -2.27. The third-order valence-electron chi connectivity index (χ3n) is 2.63. The molecule has 0 atom stereocenters.